The average molecular weight is 868 g/mol. The molecule has 0 aliphatic carbocycles. The molecule has 7 rings (SSSR count). The van der Waals surface area contributed by atoms with Gasteiger partial charge in [0.2, 0.25) is 11.8 Å². The van der Waals surface area contributed by atoms with Gasteiger partial charge in [-0.2, -0.15) is 0 Å². The molecule has 52 heavy (non-hydrogen) atoms. The number of carbonyl (C=O) groups is 6. The van der Waals surface area contributed by atoms with Crippen LogP contribution < -0.4 is 5.32 Å². The van der Waals surface area contributed by atoms with Crippen LogP contribution in [0, 0.1) is 11.8 Å². The lowest BCUT2D eigenvalue weighted by molar-refractivity contribution is -0.129. The number of amides is 6. The lowest BCUT2D eigenvalue weighted by atomic mass is 10.1. The summed E-state index contributed by atoms with van der Waals surface area (Å²) in [6.07, 6.45) is 0.504. The Morgan fingerprint density at radius 3 is 1.38 bits per heavy atom. The molecule has 0 unspecified atom stereocenters. The van der Waals surface area contributed by atoms with E-state index < -0.39 is 23.6 Å². The highest BCUT2D eigenvalue weighted by Gasteiger charge is 2.45. The molecule has 4 aliphatic heterocycles. The number of likely N-dealkylation sites (tertiary alicyclic amines) is 1. The van der Waals surface area contributed by atoms with Gasteiger partial charge in [0.15, 0.2) is 0 Å². The van der Waals surface area contributed by atoms with Crippen LogP contribution in [0.4, 0.5) is 0 Å². The van der Waals surface area contributed by atoms with Gasteiger partial charge in [-0.25, -0.2) is 0 Å². The van der Waals surface area contributed by atoms with Crippen molar-refractivity contribution in [2.24, 2.45) is 11.8 Å². The summed E-state index contributed by atoms with van der Waals surface area (Å²) in [7, 11) is 0. The van der Waals surface area contributed by atoms with Gasteiger partial charge in [0.1, 0.15) is 0 Å². The zero-order valence-corrected chi connectivity index (χ0v) is 32.7. The van der Waals surface area contributed by atoms with Gasteiger partial charge >= 0.3 is 0 Å². The quantitative estimate of drug-likeness (QED) is 0.151. The molecule has 3 aromatic carbocycles. The van der Waals surface area contributed by atoms with Crippen LogP contribution >= 0.6 is 92.8 Å². The number of nitrogens with zero attached hydrogens (tertiary/aromatic N) is 3. The summed E-state index contributed by atoms with van der Waals surface area (Å²) in [5.74, 6) is -2.79. The third-order valence-electron chi connectivity index (χ3n) is 9.30. The van der Waals surface area contributed by atoms with E-state index in [1.165, 1.54) is 0 Å². The minimum Gasteiger partial charge on any atom is -0.356 e. The average Bonchev–Trinajstić information content (AvgIpc) is 3.85. The number of imide groups is 2. The van der Waals surface area contributed by atoms with Crippen LogP contribution in [-0.2, 0) is 9.59 Å². The normalized spacial score (nSPS) is 20.1. The Morgan fingerprint density at radius 2 is 1.00 bits per heavy atom. The van der Waals surface area contributed by atoms with Gasteiger partial charge in [0.05, 0.1) is 68.5 Å². The van der Waals surface area contributed by atoms with Crippen molar-refractivity contribution in [2.45, 2.75) is 25.8 Å². The van der Waals surface area contributed by atoms with E-state index in [1.54, 1.807) is 4.90 Å². The number of benzene rings is 3. The van der Waals surface area contributed by atoms with E-state index in [0.29, 0.717) is 13.1 Å². The van der Waals surface area contributed by atoms with Crippen LogP contribution in [0.5, 0.6) is 0 Å². The molecule has 10 nitrogen and oxygen atoms in total. The third kappa shape index (κ3) is 6.75. The maximum Gasteiger partial charge on any atom is 0.263 e. The van der Waals surface area contributed by atoms with Crippen LogP contribution in [0.1, 0.15) is 72.8 Å². The zero-order valence-electron chi connectivity index (χ0n) is 26.7. The summed E-state index contributed by atoms with van der Waals surface area (Å²) >= 11 is 48.4. The lowest BCUT2D eigenvalue weighted by Gasteiger charge is -2.26. The highest BCUT2D eigenvalue weighted by atomic mass is 35.5. The molecule has 6 amide bonds. The molecule has 18 heteroatoms. The highest BCUT2D eigenvalue weighted by molar-refractivity contribution is 6.56. The fourth-order valence-corrected chi connectivity index (χ4v) is 8.68. The van der Waals surface area contributed by atoms with Gasteiger partial charge in [-0.1, -0.05) is 123 Å². The zero-order chi connectivity index (χ0) is 37.9. The number of rotatable bonds is 6. The number of hydrogen-bond acceptors (Lipinski definition) is 6. The molecule has 4 heterocycles. The first-order valence-electron chi connectivity index (χ1n) is 15.6. The van der Waals surface area contributed by atoms with Gasteiger partial charge in [0.25, 0.3) is 23.6 Å². The molecule has 1 N–H and O–H groups in total. The second-order valence-electron chi connectivity index (χ2n) is 12.5. The van der Waals surface area contributed by atoms with Crippen molar-refractivity contribution < 1.29 is 28.8 Å². The van der Waals surface area contributed by atoms with Crippen LogP contribution in [0.15, 0.2) is 30.3 Å². The van der Waals surface area contributed by atoms with Gasteiger partial charge in [0, 0.05) is 50.9 Å². The van der Waals surface area contributed by atoms with Crippen LogP contribution in [0.3, 0.4) is 0 Å². The summed E-state index contributed by atoms with van der Waals surface area (Å²) in [6, 6.07) is 9.59. The van der Waals surface area contributed by atoms with E-state index in [-0.39, 0.29) is 118 Å². The minimum absolute atomic E-state index is 0.0184. The Morgan fingerprint density at radius 1 is 0.596 bits per heavy atom. The summed E-state index contributed by atoms with van der Waals surface area (Å²) in [6.45, 7) is 2.99. The van der Waals surface area contributed by atoms with Gasteiger partial charge in [-0.15, -0.1) is 0 Å². The maximum absolute atomic E-state index is 12.9. The van der Waals surface area contributed by atoms with E-state index in [4.69, 9.17) is 92.8 Å². The number of nitrogens with one attached hydrogen (secondary N) is 1. The van der Waals surface area contributed by atoms with Crippen molar-refractivity contribution in [3.63, 3.8) is 0 Å². The number of halogens is 8. The minimum atomic E-state index is -0.581. The molecule has 2 saturated heterocycles. The topological polar surface area (TPSA) is 124 Å². The van der Waals surface area contributed by atoms with Crippen molar-refractivity contribution in [2.75, 3.05) is 26.2 Å². The van der Waals surface area contributed by atoms with E-state index in [0.717, 1.165) is 15.4 Å². The maximum atomic E-state index is 12.9. The SMILES string of the molecule is C[C@H](c1ccccc1)N1C[C@H](CN2C(=O)c3c(Cl)c(Cl)c(Cl)c(Cl)c3C2=O)CC1=O.O=C1C[C@@H](CN2C(=O)c3c(Cl)c(Cl)c(Cl)c(Cl)c3C2=O)CN1. The predicted molar refractivity (Wildman–Crippen MR) is 199 cm³/mol. The standard InChI is InChI=1S/C21H16Cl4N2O3.C13H8Cl4N2O3/c1-10(12-5-3-2-4-6-12)26-8-11(7-13(26)28)9-27-20(29)14-15(21(27)30)17(23)19(25)18(24)16(14)22;14-8-6-7(9(15)11(17)10(8)16)13(22)19(12(6)21)3-4-1-5(20)18-2-4/h2-6,10-11H,7-9H2,1H3;4H,1-3H2,(H,18,20)/t10-,11-;4-/m11/s1. The lowest BCUT2D eigenvalue weighted by Crippen LogP contribution is -2.36. The molecule has 0 aromatic heterocycles. The van der Waals surface area contributed by atoms with Crippen LogP contribution in [0.2, 0.25) is 40.2 Å². The molecule has 4 aliphatic rings. The number of carbonyl (C=O) groups excluding carboxylic acids is 6. The first-order chi connectivity index (χ1) is 24.5. The largest absolute Gasteiger partial charge is 0.356 e. The summed E-state index contributed by atoms with van der Waals surface area (Å²) in [5.41, 5.74) is 0.863. The van der Waals surface area contributed by atoms with Gasteiger partial charge in [-0.05, 0) is 12.5 Å². The van der Waals surface area contributed by atoms with E-state index >= 15 is 0 Å². The van der Waals surface area contributed by atoms with Gasteiger partial charge < -0.3 is 10.2 Å². The first kappa shape index (κ1) is 38.9. The highest BCUT2D eigenvalue weighted by Crippen LogP contribution is 2.46. The monoisotopic (exact) mass is 864 g/mol. The molecule has 0 saturated carbocycles. The molecule has 3 aromatic rings. The molecule has 272 valence electrons. The fourth-order valence-electron chi connectivity index (χ4n) is 6.65. The number of fused-ring (bicyclic) bond motifs is 2. The number of hydrogen-bond donors (Lipinski definition) is 1. The Kier molecular flexibility index (Phi) is 11.3. The fraction of sp³-hybridized carbons (Fsp3) is 0.294. The molecular formula is C34H24Cl8N4O6. The molecule has 3 atom stereocenters. The summed E-state index contributed by atoms with van der Waals surface area (Å²) in [5, 5.41) is 2.03. The van der Waals surface area contributed by atoms with Crippen molar-refractivity contribution in [3.8, 4) is 0 Å². The van der Waals surface area contributed by atoms with Crippen LogP contribution in [-0.4, -0.2) is 76.3 Å². The Labute approximate surface area is 337 Å². The molecule has 0 radical (unpaired) electrons. The van der Waals surface area contributed by atoms with Crippen LogP contribution in [0.25, 0.3) is 0 Å². The second kappa shape index (κ2) is 15.1. The van der Waals surface area contributed by atoms with Crippen molar-refractivity contribution in [1.29, 1.82) is 0 Å². The van der Waals surface area contributed by atoms with E-state index in [2.05, 4.69) is 5.32 Å². The van der Waals surface area contributed by atoms with E-state index in [9.17, 15) is 28.8 Å². The summed E-state index contributed by atoms with van der Waals surface area (Å²) < 4.78 is 0. The Balaban J connectivity index is 0.000000187. The smallest absolute Gasteiger partial charge is 0.263 e. The van der Waals surface area contributed by atoms with Crippen molar-refractivity contribution in [1.82, 2.24) is 20.0 Å². The molecule has 2 fully saturated rings. The van der Waals surface area contributed by atoms with Gasteiger partial charge in [-0.3, -0.25) is 38.6 Å². The van der Waals surface area contributed by atoms with E-state index in [1.807, 2.05) is 37.3 Å². The second-order valence-corrected chi connectivity index (χ2v) is 15.6. The Bertz CT molecular complexity index is 2000. The van der Waals surface area contributed by atoms with Crippen molar-refractivity contribution in [3.05, 3.63) is 98.3 Å². The Hall–Kier alpha value is -2.80. The predicted octanol–water partition coefficient (Wildman–Crippen LogP) is 8.54. The van der Waals surface area contributed by atoms with Crippen molar-refractivity contribution >= 4 is 128 Å². The molecule has 0 bridgehead atoms. The first-order valence-corrected chi connectivity index (χ1v) is 18.6. The molecular weight excluding hydrogens is 844 g/mol. The summed E-state index contributed by atoms with van der Waals surface area (Å²) in [4.78, 5) is 78.5. The molecule has 0 spiro atoms. The third-order valence-corrected chi connectivity index (χ3v) is 12.9.